The van der Waals surface area contributed by atoms with E-state index in [1.165, 1.54) is 6.07 Å². The third-order valence-electron chi connectivity index (χ3n) is 6.84. The van der Waals surface area contributed by atoms with Crippen molar-refractivity contribution >= 4 is 0 Å². The van der Waals surface area contributed by atoms with Crippen molar-refractivity contribution in [3.8, 4) is 17.6 Å². The standard InChI is InChI=1S/C33H26F4N5O2.K/c34-27-11-14-29(30(35)18-27)32(43,22-40-38)33(36,37)31-15-10-24(19-39-31)3-2-23-8-12-28(13-9-23)44-21-26-6-4-25(5-7-26)20-42-17-1-16-41-42;/h1,4-19,43H,20-22,38H2;/q-1;+1. The van der Waals surface area contributed by atoms with Crippen LogP contribution in [0.1, 0.15) is 33.5 Å². The van der Waals surface area contributed by atoms with E-state index >= 15 is 8.78 Å². The molecule has 3 aromatic carbocycles. The summed E-state index contributed by atoms with van der Waals surface area (Å²) in [5, 5.41) is 15.1. The second-order valence-electron chi connectivity index (χ2n) is 9.91. The predicted molar refractivity (Wildman–Crippen MR) is 155 cm³/mol. The summed E-state index contributed by atoms with van der Waals surface area (Å²) in [6, 6.07) is 21.1. The SMILES string of the molecule is N[N-]CC(O)(c1ccc(F)cc1F)C(F)(F)c1ccc(C#Cc2ccc(OCc3ccc(Cn4cccn4)cc3)cc2)cn1.[K+]. The van der Waals surface area contributed by atoms with Gasteiger partial charge in [0.2, 0.25) is 0 Å². The van der Waals surface area contributed by atoms with E-state index in [1.54, 1.807) is 30.5 Å². The molecule has 5 aromatic rings. The molecule has 7 nitrogen and oxygen atoms in total. The molecule has 224 valence electrons. The number of rotatable bonds is 10. The number of halogens is 4. The van der Waals surface area contributed by atoms with Crippen LogP contribution in [0.2, 0.25) is 0 Å². The van der Waals surface area contributed by atoms with Crippen molar-refractivity contribution in [2.75, 3.05) is 6.54 Å². The number of nitrogens with zero attached hydrogens (tertiary/aromatic N) is 4. The van der Waals surface area contributed by atoms with Crippen LogP contribution in [0, 0.1) is 23.5 Å². The molecule has 0 saturated carbocycles. The van der Waals surface area contributed by atoms with Crippen LogP contribution < -0.4 is 62.0 Å². The average molecular weight is 640 g/mol. The van der Waals surface area contributed by atoms with Crippen LogP contribution in [-0.2, 0) is 24.7 Å². The van der Waals surface area contributed by atoms with Crippen LogP contribution in [0.25, 0.3) is 5.43 Å². The molecular formula is C33H26F4KN5O2. The summed E-state index contributed by atoms with van der Waals surface area (Å²) in [7, 11) is 0. The molecule has 0 bridgehead atoms. The number of aliphatic hydroxyl groups is 1. The van der Waals surface area contributed by atoms with Gasteiger partial charge in [0.1, 0.15) is 35.3 Å². The maximum absolute atomic E-state index is 15.5. The van der Waals surface area contributed by atoms with Gasteiger partial charge < -0.3 is 21.1 Å². The molecule has 1 unspecified atom stereocenters. The number of hydrogen-bond acceptors (Lipinski definition) is 5. The van der Waals surface area contributed by atoms with Crippen molar-refractivity contribution < 1.29 is 78.8 Å². The van der Waals surface area contributed by atoms with E-state index in [0.29, 0.717) is 36.1 Å². The van der Waals surface area contributed by atoms with E-state index in [0.717, 1.165) is 35.5 Å². The maximum Gasteiger partial charge on any atom is 1.00 e. The molecule has 0 aliphatic carbocycles. The van der Waals surface area contributed by atoms with Crippen LogP contribution >= 0.6 is 0 Å². The summed E-state index contributed by atoms with van der Waals surface area (Å²) in [5.41, 5.74) is 1.28. The summed E-state index contributed by atoms with van der Waals surface area (Å²) in [4.78, 5) is 3.76. The zero-order valence-electron chi connectivity index (χ0n) is 24.2. The Kier molecular flexibility index (Phi) is 11.7. The normalized spacial score (nSPS) is 12.4. The van der Waals surface area contributed by atoms with E-state index in [1.807, 2.05) is 41.2 Å². The summed E-state index contributed by atoms with van der Waals surface area (Å²) >= 11 is 0. The molecule has 2 aromatic heterocycles. The van der Waals surface area contributed by atoms with Crippen molar-refractivity contribution in [2.45, 2.75) is 24.7 Å². The van der Waals surface area contributed by atoms with Gasteiger partial charge in [0.05, 0.1) is 6.54 Å². The molecule has 12 heteroatoms. The summed E-state index contributed by atoms with van der Waals surface area (Å²) in [6.07, 6.45) is 4.75. The van der Waals surface area contributed by atoms with Gasteiger partial charge in [-0.3, -0.25) is 9.67 Å². The van der Waals surface area contributed by atoms with Crippen LogP contribution in [-0.4, -0.2) is 26.4 Å². The largest absolute Gasteiger partial charge is 1.00 e. The van der Waals surface area contributed by atoms with Gasteiger partial charge in [-0.15, -0.1) is 0 Å². The number of alkyl halides is 2. The van der Waals surface area contributed by atoms with Gasteiger partial charge in [-0.25, -0.2) is 8.78 Å². The fourth-order valence-electron chi connectivity index (χ4n) is 4.44. The van der Waals surface area contributed by atoms with Gasteiger partial charge in [-0.2, -0.15) is 13.9 Å². The Labute approximate surface area is 299 Å². The van der Waals surface area contributed by atoms with Crippen molar-refractivity contribution in [2.24, 2.45) is 5.84 Å². The molecule has 0 amide bonds. The van der Waals surface area contributed by atoms with E-state index in [4.69, 9.17) is 10.6 Å². The first kappa shape index (κ1) is 34.5. The average Bonchev–Trinajstić information content (AvgIpc) is 3.53. The molecule has 1 atom stereocenters. The van der Waals surface area contributed by atoms with Gasteiger partial charge in [-0.1, -0.05) is 48.7 Å². The van der Waals surface area contributed by atoms with E-state index < -0.39 is 41.0 Å². The van der Waals surface area contributed by atoms with Gasteiger partial charge in [0, 0.05) is 41.3 Å². The molecule has 0 radical (unpaired) electrons. The fraction of sp³-hybridized carbons (Fsp3) is 0.152. The minimum absolute atomic E-state index is 0. The van der Waals surface area contributed by atoms with E-state index in [-0.39, 0.29) is 51.4 Å². The van der Waals surface area contributed by atoms with Crippen molar-refractivity contribution in [3.63, 3.8) is 0 Å². The van der Waals surface area contributed by atoms with Crippen LogP contribution in [0.3, 0.4) is 0 Å². The molecule has 0 aliphatic heterocycles. The van der Waals surface area contributed by atoms with Crippen molar-refractivity contribution in [1.29, 1.82) is 0 Å². The predicted octanol–water partition coefficient (Wildman–Crippen LogP) is 2.81. The van der Waals surface area contributed by atoms with Gasteiger partial charge >= 0.3 is 57.3 Å². The quantitative estimate of drug-likeness (QED) is 0.0806. The van der Waals surface area contributed by atoms with E-state index in [2.05, 4.69) is 27.3 Å². The Morgan fingerprint density at radius 2 is 1.60 bits per heavy atom. The van der Waals surface area contributed by atoms with Crippen molar-refractivity contribution in [3.05, 3.63) is 154 Å². The first-order chi connectivity index (χ1) is 21.2. The minimum Gasteiger partial charge on any atom is -0.597 e. The summed E-state index contributed by atoms with van der Waals surface area (Å²) < 4.78 is 66.5. The molecule has 45 heavy (non-hydrogen) atoms. The topological polar surface area (TPSA) is 100 Å². The molecule has 2 heterocycles. The summed E-state index contributed by atoms with van der Waals surface area (Å²) in [5.74, 6) is 5.01. The molecule has 5 rings (SSSR count). The van der Waals surface area contributed by atoms with Crippen LogP contribution in [0.15, 0.2) is 104 Å². The molecule has 0 aliphatic rings. The number of ether oxygens (including phenoxy) is 1. The van der Waals surface area contributed by atoms with Crippen LogP contribution in [0.4, 0.5) is 17.6 Å². The van der Waals surface area contributed by atoms with Crippen LogP contribution in [0.5, 0.6) is 5.75 Å². The first-order valence-electron chi connectivity index (χ1n) is 13.4. The first-order valence-corrected chi connectivity index (χ1v) is 13.4. The molecule has 0 saturated heterocycles. The second-order valence-corrected chi connectivity index (χ2v) is 9.91. The maximum atomic E-state index is 15.5. The Hall–Kier alpha value is -3.38. The minimum atomic E-state index is -4.14. The van der Waals surface area contributed by atoms with E-state index in [9.17, 15) is 13.9 Å². The fourth-order valence-corrected chi connectivity index (χ4v) is 4.44. The molecular weight excluding hydrogens is 613 g/mol. The zero-order valence-corrected chi connectivity index (χ0v) is 27.3. The molecule has 0 spiro atoms. The van der Waals surface area contributed by atoms with Crippen molar-refractivity contribution in [1.82, 2.24) is 14.8 Å². The molecule has 3 N–H and O–H groups in total. The Morgan fingerprint density at radius 1 is 0.911 bits per heavy atom. The second kappa shape index (κ2) is 15.3. The molecule has 0 fully saturated rings. The summed E-state index contributed by atoms with van der Waals surface area (Å²) in [6.45, 7) is 0.0133. The number of aromatic nitrogens is 3. The Bertz CT molecular complexity index is 1760. The number of nitrogens with two attached hydrogens (primary N) is 1. The third kappa shape index (κ3) is 8.26. The number of pyridine rings is 1. The number of hydrogen-bond donors (Lipinski definition) is 2. The zero-order chi connectivity index (χ0) is 31.2. The smallest absolute Gasteiger partial charge is 0.597 e. The third-order valence-corrected chi connectivity index (χ3v) is 6.84. The van der Waals surface area contributed by atoms with Gasteiger partial charge in [0.15, 0.2) is 0 Å². The van der Waals surface area contributed by atoms with Gasteiger partial charge in [-0.05, 0) is 59.7 Å². The number of benzene rings is 3. The Morgan fingerprint density at radius 3 is 2.22 bits per heavy atom. The van der Waals surface area contributed by atoms with Gasteiger partial charge in [0.25, 0.3) is 0 Å². The monoisotopic (exact) mass is 639 g/mol. The Balaban J connectivity index is 0.00000461.